The first kappa shape index (κ1) is 24.2. The van der Waals surface area contributed by atoms with Gasteiger partial charge in [-0.25, -0.2) is 9.78 Å². The van der Waals surface area contributed by atoms with Crippen LogP contribution >= 0.6 is 23.1 Å². The van der Waals surface area contributed by atoms with E-state index in [9.17, 15) is 29.5 Å². The van der Waals surface area contributed by atoms with E-state index in [2.05, 4.69) is 31.6 Å². The first-order valence-corrected chi connectivity index (χ1v) is 12.9. The Morgan fingerprint density at radius 2 is 2.03 bits per heavy atom. The molecule has 8 N–H and O–H groups in total. The Balaban J connectivity index is 1.44. The fourth-order valence-corrected chi connectivity index (χ4v) is 6.68. The highest BCUT2D eigenvalue weighted by Crippen LogP contribution is 2.44. The van der Waals surface area contributed by atoms with Gasteiger partial charge in [0.2, 0.25) is 5.91 Å². The summed E-state index contributed by atoms with van der Waals surface area (Å²) in [5.41, 5.74) is 12.7. The molecule has 0 radical (unpaired) electrons. The van der Waals surface area contributed by atoms with E-state index in [1.165, 1.54) is 17.1 Å². The van der Waals surface area contributed by atoms with Crippen LogP contribution in [0.3, 0.4) is 0 Å². The minimum Gasteiger partial charge on any atom is -0.477 e. The molecule has 0 unspecified atom stereocenters. The largest absolute Gasteiger partial charge is 0.477 e. The van der Waals surface area contributed by atoms with Gasteiger partial charge in [-0.3, -0.25) is 30.1 Å². The maximum absolute atomic E-state index is 13.1. The number of carbonyl (C=O) groups excluding carboxylic acids is 3. The second kappa shape index (κ2) is 9.53. The van der Waals surface area contributed by atoms with E-state index in [1.807, 2.05) is 0 Å². The minimum absolute atomic E-state index is 0.0516. The molecule has 16 heteroatoms. The number of fused-ring (bicyclic) bond motifs is 1. The lowest BCUT2D eigenvalue weighted by molar-refractivity contribution is -0.150. The van der Waals surface area contributed by atoms with Gasteiger partial charge in [-0.1, -0.05) is 5.16 Å². The number of rotatable bonds is 6. The Morgan fingerprint density at radius 3 is 2.61 bits per heavy atom. The first-order valence-electron chi connectivity index (χ1n) is 10.9. The van der Waals surface area contributed by atoms with Gasteiger partial charge < -0.3 is 26.7 Å². The van der Waals surface area contributed by atoms with Crippen LogP contribution in [-0.4, -0.2) is 86.4 Å². The van der Waals surface area contributed by atoms with Crippen molar-refractivity contribution in [2.24, 2.45) is 11.1 Å². The molecule has 5 heterocycles. The third kappa shape index (κ3) is 4.01. The molecule has 5 rings (SSSR count). The molecule has 3 saturated heterocycles. The number of aliphatic carboxylic acids is 1. The molecule has 0 aromatic carbocycles. The number of hydrazine groups is 1. The average Bonchev–Trinajstić information content (AvgIpc) is 3.62. The van der Waals surface area contributed by atoms with Gasteiger partial charge in [-0.05, 0) is 17.6 Å². The van der Waals surface area contributed by atoms with E-state index in [0.29, 0.717) is 42.8 Å². The SMILES string of the molecule is Nc1nc(C(=NO)C(=O)N[C@@H]2C(=O)N3C(C(=O)O)=C(C(=C4CCNC4=O)C4CNNC4)CS[C@H]23)cs1. The number of hydrogen-bond acceptors (Lipinski definition) is 12. The lowest BCUT2D eigenvalue weighted by Gasteiger charge is -2.49. The zero-order valence-electron chi connectivity index (χ0n) is 18.6. The van der Waals surface area contributed by atoms with Gasteiger partial charge in [0.15, 0.2) is 10.8 Å². The van der Waals surface area contributed by atoms with Crippen molar-refractivity contribution in [1.82, 2.24) is 31.4 Å². The highest BCUT2D eigenvalue weighted by molar-refractivity contribution is 8.00. The number of aromatic nitrogens is 1. The molecule has 0 saturated carbocycles. The normalized spacial score (nSPS) is 26.0. The molecule has 0 bridgehead atoms. The molecule has 0 spiro atoms. The van der Waals surface area contributed by atoms with Crippen molar-refractivity contribution in [2.45, 2.75) is 17.8 Å². The van der Waals surface area contributed by atoms with Crippen molar-refractivity contribution in [1.29, 1.82) is 0 Å². The van der Waals surface area contributed by atoms with E-state index in [0.717, 1.165) is 16.2 Å². The number of carboxylic acid groups (broad SMARTS) is 1. The van der Waals surface area contributed by atoms with E-state index < -0.39 is 34.9 Å². The number of amides is 3. The smallest absolute Gasteiger partial charge is 0.352 e. The van der Waals surface area contributed by atoms with Gasteiger partial charge >= 0.3 is 5.97 Å². The van der Waals surface area contributed by atoms with Crippen molar-refractivity contribution in [3.05, 3.63) is 33.5 Å². The van der Waals surface area contributed by atoms with Crippen LogP contribution in [0.25, 0.3) is 0 Å². The van der Waals surface area contributed by atoms with E-state index in [-0.39, 0.29) is 34.1 Å². The Morgan fingerprint density at radius 1 is 1.28 bits per heavy atom. The molecule has 14 nitrogen and oxygen atoms in total. The zero-order chi connectivity index (χ0) is 25.6. The first-order chi connectivity index (χ1) is 17.3. The summed E-state index contributed by atoms with van der Waals surface area (Å²) in [7, 11) is 0. The highest BCUT2D eigenvalue weighted by atomic mass is 32.2. The van der Waals surface area contributed by atoms with Crippen LogP contribution in [0, 0.1) is 5.92 Å². The molecule has 190 valence electrons. The number of β-lactam (4-membered cyclic amide) rings is 1. The molecular formula is C20H22N8O6S2. The van der Waals surface area contributed by atoms with Gasteiger partial charge in [0.1, 0.15) is 22.8 Å². The van der Waals surface area contributed by atoms with Gasteiger partial charge in [0.05, 0.1) is 0 Å². The summed E-state index contributed by atoms with van der Waals surface area (Å²) in [6, 6.07) is -1.04. The molecule has 1 aromatic rings. The van der Waals surface area contributed by atoms with Crippen molar-refractivity contribution in [2.75, 3.05) is 31.1 Å². The number of thioether (sulfide) groups is 1. The van der Waals surface area contributed by atoms with Crippen molar-refractivity contribution < 1.29 is 29.5 Å². The van der Waals surface area contributed by atoms with Crippen LogP contribution < -0.4 is 27.2 Å². The number of hydrogen-bond donors (Lipinski definition) is 7. The lowest BCUT2D eigenvalue weighted by Crippen LogP contribution is -2.71. The van der Waals surface area contributed by atoms with Crippen LogP contribution in [0.4, 0.5) is 5.13 Å². The predicted octanol–water partition coefficient (Wildman–Crippen LogP) is -1.82. The van der Waals surface area contributed by atoms with E-state index in [4.69, 9.17) is 5.73 Å². The van der Waals surface area contributed by atoms with Crippen LogP contribution in [0.15, 0.2) is 33.0 Å². The van der Waals surface area contributed by atoms with Crippen LogP contribution in [-0.2, 0) is 19.2 Å². The maximum Gasteiger partial charge on any atom is 0.352 e. The summed E-state index contributed by atoms with van der Waals surface area (Å²) in [5, 5.41) is 28.6. The molecule has 4 aliphatic rings. The summed E-state index contributed by atoms with van der Waals surface area (Å²) in [6.45, 7) is 1.48. The molecule has 1 aromatic heterocycles. The standard InChI is InChI=1S/C20H22N8O6S2/c21-20-25-10(6-36-20)12(27-34)16(30)26-13-17(31)28-14(19(32)33)9(5-35-18(13)28)11(7-3-23-24-4-7)8-1-2-22-15(8)29/h6-7,13,18,23-24,34H,1-5H2,(H2,21,25)(H,22,29)(H,26,30)(H,32,33)/t13-,18-/m1/s1. The van der Waals surface area contributed by atoms with Gasteiger partial charge in [-0.2, -0.15) is 0 Å². The topological polar surface area (TPSA) is 211 Å². The quantitative estimate of drug-likeness (QED) is 0.0710. The molecule has 0 aliphatic carbocycles. The number of nitrogens with one attached hydrogen (secondary N) is 4. The number of nitrogens with zero attached hydrogens (tertiary/aromatic N) is 3. The summed E-state index contributed by atoms with van der Waals surface area (Å²) >= 11 is 2.34. The van der Waals surface area contributed by atoms with E-state index in [1.54, 1.807) is 0 Å². The van der Waals surface area contributed by atoms with Crippen LogP contribution in [0.1, 0.15) is 12.1 Å². The number of carbonyl (C=O) groups is 4. The number of thiazole rings is 1. The highest BCUT2D eigenvalue weighted by Gasteiger charge is 2.55. The average molecular weight is 535 g/mol. The summed E-state index contributed by atoms with van der Waals surface area (Å²) in [4.78, 5) is 55.9. The number of oxime groups is 1. The van der Waals surface area contributed by atoms with E-state index >= 15 is 0 Å². The Bertz CT molecular complexity index is 1250. The number of nitrogens with two attached hydrogens (primary N) is 1. The minimum atomic E-state index is -1.29. The molecular weight excluding hydrogens is 512 g/mol. The van der Waals surface area contributed by atoms with Gasteiger partial charge in [0, 0.05) is 42.3 Å². The Kier molecular flexibility index (Phi) is 6.42. The Labute approximate surface area is 212 Å². The molecule has 36 heavy (non-hydrogen) atoms. The summed E-state index contributed by atoms with van der Waals surface area (Å²) < 4.78 is 0. The molecule has 2 atom stereocenters. The van der Waals surface area contributed by atoms with Gasteiger partial charge in [0.25, 0.3) is 11.8 Å². The lowest BCUT2D eigenvalue weighted by atomic mass is 9.86. The number of nitrogen functional groups attached to an aromatic ring is 1. The fraction of sp³-hybridized carbons (Fsp3) is 0.400. The number of anilines is 1. The van der Waals surface area contributed by atoms with Crippen molar-refractivity contribution in [3.8, 4) is 0 Å². The number of carboxylic acids is 1. The van der Waals surface area contributed by atoms with Crippen molar-refractivity contribution >= 4 is 57.6 Å². The second-order valence-corrected chi connectivity index (χ2v) is 10.4. The monoisotopic (exact) mass is 534 g/mol. The predicted molar refractivity (Wildman–Crippen MR) is 129 cm³/mol. The summed E-state index contributed by atoms with van der Waals surface area (Å²) in [5.74, 6) is -2.91. The fourth-order valence-electron chi connectivity index (χ4n) is 4.76. The molecule has 3 amide bonds. The second-order valence-electron chi connectivity index (χ2n) is 8.37. The summed E-state index contributed by atoms with van der Waals surface area (Å²) in [6.07, 6.45) is 0.464. The zero-order valence-corrected chi connectivity index (χ0v) is 20.2. The maximum atomic E-state index is 13.1. The van der Waals surface area contributed by atoms with Crippen molar-refractivity contribution in [3.63, 3.8) is 0 Å². The van der Waals surface area contributed by atoms with Gasteiger partial charge in [-0.15, -0.1) is 23.1 Å². The molecule has 4 aliphatic heterocycles. The molecule has 3 fully saturated rings. The Hall–Kier alpha value is -3.47. The van der Waals surface area contributed by atoms with Crippen LogP contribution in [0.2, 0.25) is 0 Å². The van der Waals surface area contributed by atoms with Crippen LogP contribution in [0.5, 0.6) is 0 Å². The third-order valence-corrected chi connectivity index (χ3v) is 8.31. The third-order valence-electron chi connectivity index (χ3n) is 6.35.